The number of aromatic nitrogens is 3. The molecule has 1 fully saturated rings. The van der Waals surface area contributed by atoms with Gasteiger partial charge in [-0.3, -0.25) is 4.79 Å². The lowest BCUT2D eigenvalue weighted by molar-refractivity contribution is -0.137. The van der Waals surface area contributed by atoms with Crippen LogP contribution in [-0.2, 0) is 4.79 Å². The predicted molar refractivity (Wildman–Crippen MR) is 101 cm³/mol. The Bertz CT molecular complexity index is 1120. The number of pyridine rings is 1. The van der Waals surface area contributed by atoms with Gasteiger partial charge in [-0.1, -0.05) is 24.0 Å². The molecule has 0 radical (unpaired) electrons. The molecule has 1 atom stereocenters. The number of rotatable bonds is 1. The number of carbonyl (C=O) groups excluding carboxylic acids is 1. The van der Waals surface area contributed by atoms with Gasteiger partial charge in [0.2, 0.25) is 5.60 Å². The van der Waals surface area contributed by atoms with Gasteiger partial charge in [-0.2, -0.15) is 0 Å². The molecule has 3 aromatic rings. The van der Waals surface area contributed by atoms with Crippen molar-refractivity contribution in [3.05, 3.63) is 48.4 Å². The van der Waals surface area contributed by atoms with E-state index in [2.05, 4.69) is 26.8 Å². The summed E-state index contributed by atoms with van der Waals surface area (Å²) in [7, 11) is 1.66. The molecule has 1 aliphatic heterocycles. The summed E-state index contributed by atoms with van der Waals surface area (Å²) in [5.74, 6) is 5.66. The summed E-state index contributed by atoms with van der Waals surface area (Å²) in [5, 5.41) is 11.1. The molecule has 27 heavy (non-hydrogen) atoms. The average molecular weight is 359 g/mol. The maximum Gasteiger partial charge on any atom is 0.267 e. The number of hydrogen-bond acceptors (Lipinski definition) is 6. The monoisotopic (exact) mass is 359 g/mol. The van der Waals surface area contributed by atoms with Crippen LogP contribution in [0.2, 0.25) is 0 Å². The van der Waals surface area contributed by atoms with Crippen molar-refractivity contribution in [1.29, 1.82) is 0 Å². The third-order valence-corrected chi connectivity index (χ3v) is 4.64. The Hall–Kier alpha value is -3.50. The molecule has 7 heteroatoms. The lowest BCUT2D eigenvalue weighted by Gasteiger charge is -2.13. The Balaban J connectivity index is 1.69. The number of likely N-dealkylation sites (tertiary alicyclic amines) is 1. The lowest BCUT2D eigenvalue weighted by atomic mass is 10.0. The summed E-state index contributed by atoms with van der Waals surface area (Å²) in [4.78, 5) is 25.9. The average Bonchev–Trinajstić information content (AvgIpc) is 2.95. The van der Waals surface area contributed by atoms with Crippen molar-refractivity contribution >= 4 is 22.8 Å². The van der Waals surface area contributed by atoms with Gasteiger partial charge < -0.3 is 15.7 Å². The van der Waals surface area contributed by atoms with E-state index >= 15 is 0 Å². The summed E-state index contributed by atoms with van der Waals surface area (Å²) >= 11 is 0. The van der Waals surface area contributed by atoms with Crippen LogP contribution in [0.25, 0.3) is 22.2 Å². The zero-order valence-electron chi connectivity index (χ0n) is 14.7. The smallest absolute Gasteiger partial charge is 0.267 e. The van der Waals surface area contributed by atoms with E-state index in [1.54, 1.807) is 13.2 Å². The van der Waals surface area contributed by atoms with Crippen molar-refractivity contribution < 1.29 is 9.90 Å². The number of hydrogen-bond donors (Lipinski definition) is 2. The number of nitrogens with two attached hydrogens (primary N) is 1. The number of amides is 1. The second-order valence-corrected chi connectivity index (χ2v) is 6.52. The van der Waals surface area contributed by atoms with Crippen LogP contribution in [0.5, 0.6) is 0 Å². The maximum atomic E-state index is 12.0. The molecule has 0 saturated carbocycles. The number of likely N-dealkylation sites (N-methyl/N-ethyl adjacent to an activating group) is 1. The SMILES string of the molecule is CN1CC[C@@](O)(C#Cc2cccc(-c3cnc4ncnc(N)c4c3)c2)C1=O. The molecule has 134 valence electrons. The molecule has 1 aromatic carbocycles. The third-order valence-electron chi connectivity index (χ3n) is 4.64. The van der Waals surface area contributed by atoms with Crippen LogP contribution in [-0.4, -0.2) is 50.1 Å². The highest BCUT2D eigenvalue weighted by Crippen LogP contribution is 2.25. The Kier molecular flexibility index (Phi) is 3.98. The number of anilines is 1. The minimum absolute atomic E-state index is 0.308. The Morgan fingerprint density at radius 2 is 2.07 bits per heavy atom. The second-order valence-electron chi connectivity index (χ2n) is 6.52. The molecule has 0 spiro atoms. The van der Waals surface area contributed by atoms with Crippen LogP contribution in [0.15, 0.2) is 42.9 Å². The van der Waals surface area contributed by atoms with Crippen molar-refractivity contribution in [1.82, 2.24) is 19.9 Å². The molecule has 0 bridgehead atoms. The van der Waals surface area contributed by atoms with Gasteiger partial charge in [0.15, 0.2) is 5.65 Å². The molecule has 1 aliphatic rings. The number of nitrogen functional groups attached to an aromatic ring is 1. The normalized spacial score (nSPS) is 19.2. The first kappa shape index (κ1) is 16.9. The lowest BCUT2D eigenvalue weighted by Crippen LogP contribution is -2.37. The molecule has 3 heterocycles. The summed E-state index contributed by atoms with van der Waals surface area (Å²) in [6.45, 7) is 0.496. The van der Waals surface area contributed by atoms with Gasteiger partial charge in [0, 0.05) is 37.3 Å². The second kappa shape index (κ2) is 6.34. The largest absolute Gasteiger partial charge is 0.383 e. The van der Waals surface area contributed by atoms with E-state index in [-0.39, 0.29) is 5.91 Å². The maximum absolute atomic E-state index is 12.0. The van der Waals surface area contributed by atoms with E-state index in [9.17, 15) is 9.90 Å². The van der Waals surface area contributed by atoms with Crippen LogP contribution in [0.3, 0.4) is 0 Å². The van der Waals surface area contributed by atoms with E-state index in [1.807, 2.05) is 30.3 Å². The quantitative estimate of drug-likeness (QED) is 0.633. The summed E-state index contributed by atoms with van der Waals surface area (Å²) < 4.78 is 0. The molecule has 0 aliphatic carbocycles. The van der Waals surface area contributed by atoms with Gasteiger partial charge in [0.1, 0.15) is 12.1 Å². The van der Waals surface area contributed by atoms with Gasteiger partial charge in [0.05, 0.1) is 5.39 Å². The van der Waals surface area contributed by atoms with Crippen molar-refractivity contribution in [2.24, 2.45) is 0 Å². The summed E-state index contributed by atoms with van der Waals surface area (Å²) in [5.41, 5.74) is 7.27. The molecule has 1 saturated heterocycles. The van der Waals surface area contributed by atoms with Crippen LogP contribution in [0.4, 0.5) is 5.82 Å². The Morgan fingerprint density at radius 1 is 1.22 bits per heavy atom. The standard InChI is InChI=1S/C20H17N5O2/c1-25-8-7-20(27,19(25)26)6-5-13-3-2-4-14(9-13)15-10-16-17(21)23-12-24-18(16)22-11-15/h2-4,9-12,27H,7-8H2,1H3,(H2,21,22,23,24)/t20-/m0/s1. The Morgan fingerprint density at radius 3 is 2.85 bits per heavy atom. The molecule has 7 nitrogen and oxygen atoms in total. The Labute approximate surface area is 155 Å². The van der Waals surface area contributed by atoms with Crippen molar-refractivity contribution in [2.45, 2.75) is 12.0 Å². The molecular formula is C20H17N5O2. The van der Waals surface area contributed by atoms with Gasteiger partial charge in [-0.25, -0.2) is 15.0 Å². The number of fused-ring (bicyclic) bond motifs is 1. The number of nitrogens with zero attached hydrogens (tertiary/aromatic N) is 4. The minimum atomic E-state index is -1.61. The molecule has 0 unspecified atom stereocenters. The zero-order valence-corrected chi connectivity index (χ0v) is 14.7. The van der Waals surface area contributed by atoms with E-state index in [0.29, 0.717) is 35.4 Å². The number of benzene rings is 1. The van der Waals surface area contributed by atoms with Crippen molar-refractivity contribution in [3.8, 4) is 23.0 Å². The predicted octanol–water partition coefficient (Wildman–Crippen LogP) is 1.22. The van der Waals surface area contributed by atoms with Gasteiger partial charge in [-0.05, 0) is 23.8 Å². The molecule has 1 amide bonds. The molecule has 4 rings (SSSR count). The highest BCUT2D eigenvalue weighted by atomic mass is 16.3. The van der Waals surface area contributed by atoms with Gasteiger partial charge >= 0.3 is 0 Å². The first-order valence-electron chi connectivity index (χ1n) is 8.44. The van der Waals surface area contributed by atoms with E-state index in [4.69, 9.17) is 5.73 Å². The summed E-state index contributed by atoms with van der Waals surface area (Å²) in [6.07, 6.45) is 3.40. The van der Waals surface area contributed by atoms with Crippen LogP contribution in [0.1, 0.15) is 12.0 Å². The fraction of sp³-hybridized carbons (Fsp3) is 0.200. The minimum Gasteiger partial charge on any atom is -0.383 e. The van der Waals surface area contributed by atoms with E-state index < -0.39 is 5.60 Å². The van der Waals surface area contributed by atoms with Crippen molar-refractivity contribution in [2.75, 3.05) is 19.3 Å². The van der Waals surface area contributed by atoms with Gasteiger partial charge in [0.25, 0.3) is 5.91 Å². The fourth-order valence-corrected chi connectivity index (χ4v) is 3.04. The highest BCUT2D eigenvalue weighted by molar-refractivity contribution is 5.91. The summed E-state index contributed by atoms with van der Waals surface area (Å²) in [6, 6.07) is 9.38. The topological polar surface area (TPSA) is 105 Å². The first-order chi connectivity index (χ1) is 13.0. The van der Waals surface area contributed by atoms with Gasteiger partial charge in [-0.15, -0.1) is 0 Å². The van der Waals surface area contributed by atoms with E-state index in [0.717, 1.165) is 11.1 Å². The highest BCUT2D eigenvalue weighted by Gasteiger charge is 2.42. The molecule has 3 N–H and O–H groups in total. The first-order valence-corrected chi connectivity index (χ1v) is 8.44. The zero-order chi connectivity index (χ0) is 19.0. The van der Waals surface area contributed by atoms with Crippen LogP contribution >= 0.6 is 0 Å². The third kappa shape index (κ3) is 3.07. The fourth-order valence-electron chi connectivity index (χ4n) is 3.04. The van der Waals surface area contributed by atoms with E-state index in [1.165, 1.54) is 11.2 Å². The number of aliphatic hydroxyl groups is 1. The molecule has 2 aromatic heterocycles. The number of carbonyl (C=O) groups is 1. The van der Waals surface area contributed by atoms with Crippen LogP contribution < -0.4 is 5.73 Å². The van der Waals surface area contributed by atoms with Crippen molar-refractivity contribution in [3.63, 3.8) is 0 Å². The van der Waals surface area contributed by atoms with Crippen LogP contribution in [0, 0.1) is 11.8 Å². The molecular weight excluding hydrogens is 342 g/mol.